The van der Waals surface area contributed by atoms with E-state index in [0.717, 1.165) is 0 Å². The molecule has 0 aliphatic heterocycles. The summed E-state index contributed by atoms with van der Waals surface area (Å²) < 4.78 is 10.8. The Labute approximate surface area is 86.9 Å². The quantitative estimate of drug-likeness (QED) is 0.734. The molecule has 0 aromatic rings. The predicted molar refractivity (Wildman–Crippen MR) is 57.2 cm³/mol. The van der Waals surface area contributed by atoms with Crippen molar-refractivity contribution in [3.8, 4) is 0 Å². The minimum Gasteiger partial charge on any atom is -0.383 e. The molecule has 0 aromatic heterocycles. The summed E-state index contributed by atoms with van der Waals surface area (Å²) in [5, 5.41) is 0. The maximum Gasteiger partial charge on any atom is 0.0643 e. The summed E-state index contributed by atoms with van der Waals surface area (Å²) in [5.74, 6) is 0.693. The van der Waals surface area contributed by atoms with E-state index in [2.05, 4.69) is 6.92 Å². The molecular weight excluding hydrogens is 178 g/mol. The summed E-state index contributed by atoms with van der Waals surface area (Å²) in [6.07, 6.45) is 5.57. The summed E-state index contributed by atoms with van der Waals surface area (Å²) in [7, 11) is 1.67. The Bertz CT molecular complexity index is 152. The molecule has 1 fully saturated rings. The van der Waals surface area contributed by atoms with E-state index < -0.39 is 0 Å². The largest absolute Gasteiger partial charge is 0.383 e. The maximum absolute atomic E-state index is 5.80. The first-order valence-electron chi connectivity index (χ1n) is 5.60. The Morgan fingerprint density at radius 3 is 2.64 bits per heavy atom. The van der Waals surface area contributed by atoms with Crippen molar-refractivity contribution in [3.05, 3.63) is 0 Å². The second-order valence-corrected chi connectivity index (χ2v) is 4.35. The second-order valence-electron chi connectivity index (χ2n) is 4.35. The third kappa shape index (κ3) is 3.95. The van der Waals surface area contributed by atoms with Gasteiger partial charge in [0.2, 0.25) is 0 Å². The monoisotopic (exact) mass is 201 g/mol. The third-order valence-corrected chi connectivity index (χ3v) is 2.94. The van der Waals surface area contributed by atoms with Gasteiger partial charge in [-0.15, -0.1) is 0 Å². The lowest BCUT2D eigenvalue weighted by atomic mass is 9.88. The molecule has 0 saturated heterocycles. The number of methoxy groups -OCH3 is 1. The molecule has 1 rings (SSSR count). The van der Waals surface area contributed by atoms with Gasteiger partial charge >= 0.3 is 0 Å². The molecule has 1 aliphatic carbocycles. The average Bonchev–Trinajstić information content (AvgIpc) is 2.17. The van der Waals surface area contributed by atoms with Crippen molar-refractivity contribution in [1.29, 1.82) is 0 Å². The molecule has 3 unspecified atom stereocenters. The highest BCUT2D eigenvalue weighted by atomic mass is 16.5. The first-order chi connectivity index (χ1) is 6.74. The fraction of sp³-hybridized carbons (Fsp3) is 1.00. The first-order valence-corrected chi connectivity index (χ1v) is 5.60. The molecule has 3 nitrogen and oxygen atoms in total. The van der Waals surface area contributed by atoms with Crippen LogP contribution in [0.1, 0.15) is 32.6 Å². The zero-order valence-corrected chi connectivity index (χ0v) is 9.37. The topological polar surface area (TPSA) is 44.5 Å². The average molecular weight is 201 g/mol. The molecule has 0 bridgehead atoms. The maximum atomic E-state index is 5.80. The van der Waals surface area contributed by atoms with Gasteiger partial charge < -0.3 is 15.2 Å². The molecule has 0 radical (unpaired) electrons. The molecule has 0 amide bonds. The summed E-state index contributed by atoms with van der Waals surface area (Å²) in [6, 6.07) is 0.0223. The first kappa shape index (κ1) is 12.0. The number of hydrogen-bond acceptors (Lipinski definition) is 3. The van der Waals surface area contributed by atoms with E-state index in [-0.39, 0.29) is 6.04 Å². The zero-order chi connectivity index (χ0) is 10.4. The predicted octanol–water partition coefficient (Wildman–Crippen LogP) is 1.56. The summed E-state index contributed by atoms with van der Waals surface area (Å²) >= 11 is 0. The van der Waals surface area contributed by atoms with Gasteiger partial charge in [-0.25, -0.2) is 0 Å². The van der Waals surface area contributed by atoms with Crippen LogP contribution in [0.15, 0.2) is 0 Å². The fourth-order valence-corrected chi connectivity index (χ4v) is 2.04. The summed E-state index contributed by atoms with van der Waals surface area (Å²) in [6.45, 7) is 3.48. The van der Waals surface area contributed by atoms with Gasteiger partial charge in [-0.1, -0.05) is 19.8 Å². The minimum absolute atomic E-state index is 0.0223. The number of rotatable bonds is 5. The van der Waals surface area contributed by atoms with Gasteiger partial charge in [0.25, 0.3) is 0 Å². The van der Waals surface area contributed by atoms with Crippen LogP contribution in [0.5, 0.6) is 0 Å². The van der Waals surface area contributed by atoms with E-state index in [0.29, 0.717) is 25.2 Å². The van der Waals surface area contributed by atoms with Crippen LogP contribution >= 0.6 is 0 Å². The van der Waals surface area contributed by atoms with Crippen molar-refractivity contribution in [1.82, 2.24) is 0 Å². The third-order valence-electron chi connectivity index (χ3n) is 2.94. The van der Waals surface area contributed by atoms with Crippen LogP contribution in [0.3, 0.4) is 0 Å². The van der Waals surface area contributed by atoms with Crippen molar-refractivity contribution in [3.63, 3.8) is 0 Å². The van der Waals surface area contributed by atoms with Crippen LogP contribution in [0.4, 0.5) is 0 Å². The molecule has 1 saturated carbocycles. The zero-order valence-electron chi connectivity index (χ0n) is 9.37. The summed E-state index contributed by atoms with van der Waals surface area (Å²) in [4.78, 5) is 0. The lowest BCUT2D eigenvalue weighted by Gasteiger charge is -2.29. The normalized spacial score (nSPS) is 30.2. The highest BCUT2D eigenvalue weighted by molar-refractivity contribution is 4.73. The minimum atomic E-state index is 0.0223. The smallest absolute Gasteiger partial charge is 0.0643 e. The van der Waals surface area contributed by atoms with E-state index in [1.165, 1.54) is 25.7 Å². The SMILES string of the molecule is COCC(N)COC1CCCCC1C. The van der Waals surface area contributed by atoms with E-state index in [1.807, 2.05) is 0 Å². The highest BCUT2D eigenvalue weighted by Crippen LogP contribution is 2.26. The molecule has 3 atom stereocenters. The fourth-order valence-electron chi connectivity index (χ4n) is 2.04. The van der Waals surface area contributed by atoms with Crippen LogP contribution in [0.2, 0.25) is 0 Å². The molecule has 1 aliphatic rings. The van der Waals surface area contributed by atoms with Gasteiger partial charge in [-0.2, -0.15) is 0 Å². The molecule has 2 N–H and O–H groups in total. The summed E-state index contributed by atoms with van der Waals surface area (Å²) in [5.41, 5.74) is 5.80. The van der Waals surface area contributed by atoms with Gasteiger partial charge in [0.1, 0.15) is 0 Å². The van der Waals surface area contributed by atoms with Gasteiger partial charge in [-0.05, 0) is 18.8 Å². The van der Waals surface area contributed by atoms with Crippen LogP contribution in [0, 0.1) is 5.92 Å². The second kappa shape index (κ2) is 6.38. The van der Waals surface area contributed by atoms with Crippen molar-refractivity contribution in [2.24, 2.45) is 11.7 Å². The van der Waals surface area contributed by atoms with E-state index >= 15 is 0 Å². The highest BCUT2D eigenvalue weighted by Gasteiger charge is 2.22. The molecule has 84 valence electrons. The van der Waals surface area contributed by atoms with Crippen LogP contribution < -0.4 is 5.73 Å². The lowest BCUT2D eigenvalue weighted by Crippen LogP contribution is -2.35. The van der Waals surface area contributed by atoms with Crippen molar-refractivity contribution in [2.45, 2.75) is 44.8 Å². The Hall–Kier alpha value is -0.120. The van der Waals surface area contributed by atoms with Crippen LogP contribution in [-0.2, 0) is 9.47 Å². The van der Waals surface area contributed by atoms with Crippen molar-refractivity contribution < 1.29 is 9.47 Å². The van der Waals surface area contributed by atoms with E-state index in [9.17, 15) is 0 Å². The lowest BCUT2D eigenvalue weighted by molar-refractivity contribution is -0.0187. The Morgan fingerprint density at radius 1 is 1.29 bits per heavy atom. The standard InChI is InChI=1S/C11H23NO2/c1-9-5-3-4-6-11(9)14-8-10(12)7-13-2/h9-11H,3-8,12H2,1-2H3. The van der Waals surface area contributed by atoms with E-state index in [1.54, 1.807) is 7.11 Å². The van der Waals surface area contributed by atoms with Crippen molar-refractivity contribution in [2.75, 3.05) is 20.3 Å². The van der Waals surface area contributed by atoms with Gasteiger partial charge in [0, 0.05) is 7.11 Å². The Balaban J connectivity index is 2.15. The van der Waals surface area contributed by atoms with Gasteiger partial charge in [0.15, 0.2) is 0 Å². The Morgan fingerprint density at radius 2 is 2.00 bits per heavy atom. The van der Waals surface area contributed by atoms with E-state index in [4.69, 9.17) is 15.2 Å². The van der Waals surface area contributed by atoms with Gasteiger partial charge in [0.05, 0.1) is 25.4 Å². The molecule has 0 spiro atoms. The molecular formula is C11H23NO2. The van der Waals surface area contributed by atoms with Crippen LogP contribution in [-0.4, -0.2) is 32.5 Å². The number of ether oxygens (including phenoxy) is 2. The number of hydrogen-bond donors (Lipinski definition) is 1. The number of nitrogens with two attached hydrogens (primary N) is 1. The van der Waals surface area contributed by atoms with Gasteiger partial charge in [-0.3, -0.25) is 0 Å². The Kier molecular flexibility index (Phi) is 5.45. The molecule has 3 heteroatoms. The molecule has 14 heavy (non-hydrogen) atoms. The molecule has 0 heterocycles. The van der Waals surface area contributed by atoms with Crippen LogP contribution in [0.25, 0.3) is 0 Å². The van der Waals surface area contributed by atoms with Crippen molar-refractivity contribution >= 4 is 0 Å². The molecule has 0 aromatic carbocycles.